The van der Waals surface area contributed by atoms with Crippen LogP contribution in [0.4, 0.5) is 13.2 Å². The number of aldehydes is 1. The molecule has 0 aliphatic heterocycles. The summed E-state index contributed by atoms with van der Waals surface area (Å²) >= 11 is 0. The Balaban J connectivity index is 1.82. The molecule has 28 heavy (non-hydrogen) atoms. The molecule has 3 rings (SSSR count). The zero-order valence-corrected chi connectivity index (χ0v) is 14.9. The molecule has 2 heterocycles. The number of nitrogens with zero attached hydrogens (tertiary/aromatic N) is 6. The van der Waals surface area contributed by atoms with Crippen LogP contribution in [0.15, 0.2) is 28.9 Å². The van der Waals surface area contributed by atoms with Crippen LogP contribution in [0.2, 0.25) is 0 Å². The van der Waals surface area contributed by atoms with Crippen molar-refractivity contribution in [1.29, 1.82) is 0 Å². The van der Waals surface area contributed by atoms with Crippen molar-refractivity contribution >= 4 is 18.6 Å². The van der Waals surface area contributed by atoms with E-state index in [0.29, 0.717) is 18.7 Å². The topological polar surface area (TPSA) is 89.9 Å². The summed E-state index contributed by atoms with van der Waals surface area (Å²) in [5.41, 5.74) is -0.982. The van der Waals surface area contributed by atoms with Gasteiger partial charge < -0.3 is 9.32 Å². The first-order valence-electron chi connectivity index (χ1n) is 7.99. The third-order valence-electron chi connectivity index (χ3n) is 3.49. The SMILES string of the molecule is CN(C)Cc1nnc(/C=C\n2cnc(-c3cc(C=O)cc(C(F)(F)F)c3)n2)o1. The maximum Gasteiger partial charge on any atom is 0.416 e. The zero-order chi connectivity index (χ0) is 20.3. The lowest BCUT2D eigenvalue weighted by atomic mass is 10.1. The van der Waals surface area contributed by atoms with Gasteiger partial charge in [0.25, 0.3) is 0 Å². The van der Waals surface area contributed by atoms with Crippen LogP contribution in [-0.2, 0) is 12.7 Å². The van der Waals surface area contributed by atoms with Gasteiger partial charge in [-0.05, 0) is 32.3 Å². The Kier molecular flexibility index (Phi) is 5.36. The summed E-state index contributed by atoms with van der Waals surface area (Å²) in [5.74, 6) is 0.725. The van der Waals surface area contributed by atoms with Crippen LogP contribution in [0.3, 0.4) is 0 Å². The molecule has 1 aromatic carbocycles. The maximum atomic E-state index is 13.0. The molecule has 0 saturated carbocycles. The van der Waals surface area contributed by atoms with E-state index >= 15 is 0 Å². The summed E-state index contributed by atoms with van der Waals surface area (Å²) in [6.07, 6.45) is 0.0318. The fourth-order valence-corrected chi connectivity index (χ4v) is 2.30. The first-order chi connectivity index (χ1) is 13.2. The fraction of sp³-hybridized carbons (Fsp3) is 0.235. The van der Waals surface area contributed by atoms with Crippen molar-refractivity contribution in [3.63, 3.8) is 0 Å². The highest BCUT2D eigenvalue weighted by molar-refractivity contribution is 5.78. The zero-order valence-electron chi connectivity index (χ0n) is 14.9. The molecule has 146 valence electrons. The number of carbonyl (C=O) groups is 1. The molecule has 3 aromatic rings. The van der Waals surface area contributed by atoms with E-state index in [0.717, 1.165) is 12.1 Å². The minimum atomic E-state index is -4.58. The van der Waals surface area contributed by atoms with E-state index in [1.807, 2.05) is 19.0 Å². The van der Waals surface area contributed by atoms with Gasteiger partial charge in [0.2, 0.25) is 11.8 Å². The summed E-state index contributed by atoms with van der Waals surface area (Å²) in [4.78, 5) is 16.8. The van der Waals surface area contributed by atoms with E-state index in [9.17, 15) is 18.0 Å². The standard InChI is InChI=1S/C17H15F3N6O2/c1-25(2)8-15-23-22-14(28-15)3-4-26-10-21-16(24-26)12-5-11(9-27)6-13(7-12)17(18,19)20/h3-7,9-10H,8H2,1-2H3/b4-3-. The predicted molar refractivity (Wildman–Crippen MR) is 92.8 cm³/mol. The van der Waals surface area contributed by atoms with Crippen molar-refractivity contribution in [3.8, 4) is 11.4 Å². The largest absolute Gasteiger partial charge is 0.420 e. The van der Waals surface area contributed by atoms with Crippen LogP contribution >= 0.6 is 0 Å². The Labute approximate surface area is 157 Å². The number of rotatable bonds is 6. The van der Waals surface area contributed by atoms with Gasteiger partial charge in [-0.15, -0.1) is 15.3 Å². The molecule has 8 nitrogen and oxygen atoms in total. The van der Waals surface area contributed by atoms with Crippen molar-refractivity contribution in [3.05, 3.63) is 47.4 Å². The molecule has 0 aliphatic carbocycles. The molecule has 0 saturated heterocycles. The molecule has 0 amide bonds. The van der Waals surface area contributed by atoms with Crippen LogP contribution in [-0.4, -0.2) is 50.2 Å². The second-order valence-electron chi connectivity index (χ2n) is 6.10. The van der Waals surface area contributed by atoms with E-state index < -0.39 is 11.7 Å². The van der Waals surface area contributed by atoms with Gasteiger partial charge in [0.05, 0.1) is 12.1 Å². The Bertz CT molecular complexity index is 1010. The highest BCUT2D eigenvalue weighted by atomic mass is 19.4. The lowest BCUT2D eigenvalue weighted by molar-refractivity contribution is -0.137. The lowest BCUT2D eigenvalue weighted by Crippen LogP contribution is -2.10. The number of hydrogen-bond acceptors (Lipinski definition) is 7. The van der Waals surface area contributed by atoms with Gasteiger partial charge in [-0.25, -0.2) is 9.67 Å². The second kappa shape index (κ2) is 7.72. The molecule has 0 atom stereocenters. The highest BCUT2D eigenvalue weighted by Gasteiger charge is 2.31. The van der Waals surface area contributed by atoms with Gasteiger partial charge in [0.1, 0.15) is 12.6 Å². The number of aromatic nitrogens is 5. The number of benzene rings is 1. The van der Waals surface area contributed by atoms with Crippen LogP contribution in [0, 0.1) is 0 Å². The summed E-state index contributed by atoms with van der Waals surface area (Å²) in [6, 6.07) is 2.95. The van der Waals surface area contributed by atoms with Crippen LogP contribution in [0.5, 0.6) is 0 Å². The fourth-order valence-electron chi connectivity index (χ4n) is 2.30. The van der Waals surface area contributed by atoms with Crippen molar-refractivity contribution < 1.29 is 22.4 Å². The Hall–Kier alpha value is -3.34. The number of halogens is 3. The van der Waals surface area contributed by atoms with Crippen LogP contribution < -0.4 is 0 Å². The molecule has 0 aliphatic rings. The first-order valence-corrected chi connectivity index (χ1v) is 7.99. The smallest absolute Gasteiger partial charge is 0.416 e. The molecule has 11 heteroatoms. The van der Waals surface area contributed by atoms with Crippen molar-refractivity contribution in [1.82, 2.24) is 29.9 Å². The molecule has 0 unspecified atom stereocenters. The molecule has 0 radical (unpaired) electrons. The molecular weight excluding hydrogens is 377 g/mol. The van der Waals surface area contributed by atoms with Crippen molar-refractivity contribution in [2.24, 2.45) is 0 Å². The minimum absolute atomic E-state index is 0.0395. The van der Waals surface area contributed by atoms with Gasteiger partial charge in [0.15, 0.2) is 5.82 Å². The number of carbonyl (C=O) groups excluding carboxylic acids is 1. The molecule has 0 bridgehead atoms. The third-order valence-corrected chi connectivity index (χ3v) is 3.49. The predicted octanol–water partition coefficient (Wildman–Crippen LogP) is 2.85. The first kappa shape index (κ1) is 19.4. The number of alkyl halides is 3. The van der Waals surface area contributed by atoms with Gasteiger partial charge >= 0.3 is 6.18 Å². The van der Waals surface area contributed by atoms with Crippen LogP contribution in [0.1, 0.15) is 27.7 Å². The molecule has 0 spiro atoms. The molecule has 2 aromatic heterocycles. The van der Waals surface area contributed by atoms with E-state index in [1.165, 1.54) is 29.4 Å². The van der Waals surface area contributed by atoms with E-state index in [-0.39, 0.29) is 22.8 Å². The quantitative estimate of drug-likeness (QED) is 0.596. The number of hydrogen-bond donors (Lipinski definition) is 0. The van der Waals surface area contributed by atoms with Crippen molar-refractivity contribution in [2.45, 2.75) is 12.7 Å². The summed E-state index contributed by atoms with van der Waals surface area (Å²) in [6.45, 7) is 0.489. The van der Waals surface area contributed by atoms with E-state index in [2.05, 4.69) is 20.3 Å². The average Bonchev–Trinajstić information content (AvgIpc) is 3.27. The van der Waals surface area contributed by atoms with Gasteiger partial charge in [-0.3, -0.25) is 4.79 Å². The monoisotopic (exact) mass is 392 g/mol. The third kappa shape index (κ3) is 4.68. The van der Waals surface area contributed by atoms with E-state index in [4.69, 9.17) is 4.42 Å². The molecule has 0 N–H and O–H groups in total. The Morgan fingerprint density at radius 1 is 1.21 bits per heavy atom. The summed E-state index contributed by atoms with van der Waals surface area (Å²) in [7, 11) is 3.72. The van der Waals surface area contributed by atoms with E-state index in [1.54, 1.807) is 0 Å². The molecule has 0 fully saturated rings. The lowest BCUT2D eigenvalue weighted by Gasteiger charge is -2.08. The average molecular weight is 392 g/mol. The van der Waals surface area contributed by atoms with Crippen molar-refractivity contribution in [2.75, 3.05) is 14.1 Å². The van der Waals surface area contributed by atoms with Gasteiger partial charge in [-0.2, -0.15) is 13.2 Å². The maximum absolute atomic E-state index is 13.0. The van der Waals surface area contributed by atoms with Gasteiger partial charge in [0, 0.05) is 23.4 Å². The van der Waals surface area contributed by atoms with Crippen LogP contribution in [0.25, 0.3) is 23.7 Å². The highest BCUT2D eigenvalue weighted by Crippen LogP contribution is 2.32. The second-order valence-corrected chi connectivity index (χ2v) is 6.10. The summed E-state index contributed by atoms with van der Waals surface area (Å²) < 4.78 is 45.7. The normalized spacial score (nSPS) is 12.2. The summed E-state index contributed by atoms with van der Waals surface area (Å²) in [5, 5.41) is 11.8. The minimum Gasteiger partial charge on any atom is -0.420 e. The molecular formula is C17H15F3N6O2. The Morgan fingerprint density at radius 2 is 2.00 bits per heavy atom. The van der Waals surface area contributed by atoms with Gasteiger partial charge in [-0.1, -0.05) is 0 Å². The Morgan fingerprint density at radius 3 is 2.68 bits per heavy atom.